The number of aromatic nitrogens is 1. The van der Waals surface area contributed by atoms with Crippen LogP contribution < -0.4 is 5.32 Å². The molecular weight excluding hydrogens is 304 g/mol. The summed E-state index contributed by atoms with van der Waals surface area (Å²) in [6.45, 7) is 1.59. The van der Waals surface area contributed by atoms with Crippen molar-refractivity contribution >= 4 is 17.5 Å². The number of benzene rings is 1. The van der Waals surface area contributed by atoms with Gasteiger partial charge in [0.25, 0.3) is 5.91 Å². The minimum absolute atomic E-state index is 0.0758. The van der Waals surface area contributed by atoms with Crippen molar-refractivity contribution in [1.82, 2.24) is 10.5 Å². The second-order valence-electron chi connectivity index (χ2n) is 5.56. The van der Waals surface area contributed by atoms with E-state index in [9.17, 15) is 9.90 Å². The standard InChI is InChI=1S/C16H17ClN2O3/c1-9(20)13-14(10-5-7-11(17)8-6-10)19-22-15(13)16(21)18-12-3-2-4-12/h5-9,12,20H,2-4H2,1H3,(H,18,21)/t9-/m0/s1. The van der Waals surface area contributed by atoms with E-state index in [2.05, 4.69) is 10.5 Å². The largest absolute Gasteiger partial charge is 0.388 e. The summed E-state index contributed by atoms with van der Waals surface area (Å²) < 4.78 is 5.22. The van der Waals surface area contributed by atoms with Gasteiger partial charge in [-0.3, -0.25) is 4.79 Å². The number of aliphatic hydroxyl groups excluding tert-OH is 1. The molecule has 2 N–H and O–H groups in total. The fourth-order valence-electron chi connectivity index (χ4n) is 2.47. The number of nitrogens with one attached hydrogen (secondary N) is 1. The molecule has 1 saturated carbocycles. The Morgan fingerprint density at radius 3 is 2.64 bits per heavy atom. The molecule has 0 saturated heterocycles. The zero-order valence-electron chi connectivity index (χ0n) is 12.2. The Morgan fingerprint density at radius 2 is 2.09 bits per heavy atom. The van der Waals surface area contributed by atoms with Crippen LogP contribution in [0.15, 0.2) is 28.8 Å². The van der Waals surface area contributed by atoms with Gasteiger partial charge in [-0.2, -0.15) is 0 Å². The molecule has 1 aliphatic carbocycles. The van der Waals surface area contributed by atoms with E-state index in [-0.39, 0.29) is 17.7 Å². The number of carbonyl (C=O) groups excluding carboxylic acids is 1. The molecule has 0 radical (unpaired) electrons. The van der Waals surface area contributed by atoms with E-state index in [0.29, 0.717) is 16.3 Å². The zero-order valence-corrected chi connectivity index (χ0v) is 12.9. The van der Waals surface area contributed by atoms with Crippen LogP contribution in [0.5, 0.6) is 0 Å². The number of hydrogen-bond acceptors (Lipinski definition) is 4. The molecule has 22 heavy (non-hydrogen) atoms. The predicted octanol–water partition coefficient (Wildman–Crippen LogP) is 3.33. The van der Waals surface area contributed by atoms with E-state index in [1.807, 2.05) is 0 Å². The van der Waals surface area contributed by atoms with E-state index in [4.69, 9.17) is 16.1 Å². The molecule has 6 heteroatoms. The van der Waals surface area contributed by atoms with Crippen LogP contribution in [0.3, 0.4) is 0 Å². The van der Waals surface area contributed by atoms with Gasteiger partial charge in [-0.05, 0) is 38.3 Å². The molecule has 1 aliphatic rings. The Hall–Kier alpha value is -1.85. The average molecular weight is 321 g/mol. The number of aliphatic hydroxyl groups is 1. The number of amides is 1. The van der Waals surface area contributed by atoms with Gasteiger partial charge < -0.3 is 14.9 Å². The molecular formula is C16H17ClN2O3. The molecule has 1 amide bonds. The lowest BCUT2D eigenvalue weighted by molar-refractivity contribution is 0.0871. The molecule has 5 nitrogen and oxygen atoms in total. The Bertz CT molecular complexity index is 675. The van der Waals surface area contributed by atoms with Crippen LogP contribution >= 0.6 is 11.6 Å². The molecule has 1 heterocycles. The van der Waals surface area contributed by atoms with Gasteiger partial charge in [0.15, 0.2) is 0 Å². The molecule has 1 aromatic carbocycles. The van der Waals surface area contributed by atoms with Gasteiger partial charge in [0.1, 0.15) is 5.69 Å². The Kier molecular flexibility index (Phi) is 4.18. The molecule has 0 spiro atoms. The van der Waals surface area contributed by atoms with E-state index < -0.39 is 6.10 Å². The summed E-state index contributed by atoms with van der Waals surface area (Å²) in [4.78, 5) is 12.3. The van der Waals surface area contributed by atoms with E-state index in [0.717, 1.165) is 24.8 Å². The van der Waals surface area contributed by atoms with Crippen LogP contribution in [0, 0.1) is 0 Å². The molecule has 1 fully saturated rings. The Labute approximate surface area is 133 Å². The first-order valence-corrected chi connectivity index (χ1v) is 7.68. The van der Waals surface area contributed by atoms with Gasteiger partial charge in [0.2, 0.25) is 5.76 Å². The van der Waals surface area contributed by atoms with Crippen LogP contribution in [-0.2, 0) is 0 Å². The highest BCUT2D eigenvalue weighted by molar-refractivity contribution is 6.30. The number of carbonyl (C=O) groups is 1. The molecule has 1 aromatic heterocycles. The summed E-state index contributed by atoms with van der Waals surface area (Å²) >= 11 is 5.88. The Balaban J connectivity index is 1.94. The van der Waals surface area contributed by atoms with Crippen molar-refractivity contribution in [3.05, 3.63) is 40.6 Å². The van der Waals surface area contributed by atoms with Crippen molar-refractivity contribution in [3.63, 3.8) is 0 Å². The third-order valence-corrected chi connectivity index (χ3v) is 4.16. The lowest BCUT2D eigenvalue weighted by Crippen LogP contribution is -2.39. The van der Waals surface area contributed by atoms with Crippen LogP contribution in [0.25, 0.3) is 11.3 Å². The maximum atomic E-state index is 12.3. The van der Waals surface area contributed by atoms with Crippen molar-refractivity contribution in [2.24, 2.45) is 0 Å². The lowest BCUT2D eigenvalue weighted by atomic mass is 9.93. The minimum atomic E-state index is -0.862. The third kappa shape index (κ3) is 2.87. The summed E-state index contributed by atoms with van der Waals surface area (Å²) in [5.41, 5.74) is 1.61. The van der Waals surface area contributed by atoms with Gasteiger partial charge in [-0.25, -0.2) is 0 Å². The van der Waals surface area contributed by atoms with Gasteiger partial charge in [-0.1, -0.05) is 28.9 Å². The van der Waals surface area contributed by atoms with Crippen molar-refractivity contribution < 1.29 is 14.4 Å². The van der Waals surface area contributed by atoms with E-state index >= 15 is 0 Å². The first kappa shape index (κ1) is 15.1. The lowest BCUT2D eigenvalue weighted by Gasteiger charge is -2.25. The highest BCUT2D eigenvalue weighted by Crippen LogP contribution is 2.31. The third-order valence-electron chi connectivity index (χ3n) is 3.91. The highest BCUT2D eigenvalue weighted by atomic mass is 35.5. The van der Waals surface area contributed by atoms with Gasteiger partial charge >= 0.3 is 0 Å². The van der Waals surface area contributed by atoms with Crippen LogP contribution in [0.1, 0.15) is 48.4 Å². The molecule has 2 aromatic rings. The van der Waals surface area contributed by atoms with Crippen molar-refractivity contribution in [1.29, 1.82) is 0 Å². The summed E-state index contributed by atoms with van der Waals surface area (Å²) in [7, 11) is 0. The Morgan fingerprint density at radius 1 is 1.41 bits per heavy atom. The van der Waals surface area contributed by atoms with Crippen molar-refractivity contribution in [3.8, 4) is 11.3 Å². The fourth-order valence-corrected chi connectivity index (χ4v) is 2.59. The molecule has 0 aliphatic heterocycles. The van der Waals surface area contributed by atoms with Gasteiger partial charge in [-0.15, -0.1) is 0 Å². The number of halogens is 1. The zero-order chi connectivity index (χ0) is 15.7. The average Bonchev–Trinajstić information content (AvgIpc) is 2.88. The predicted molar refractivity (Wildman–Crippen MR) is 82.7 cm³/mol. The van der Waals surface area contributed by atoms with Gasteiger partial charge in [0, 0.05) is 16.6 Å². The summed E-state index contributed by atoms with van der Waals surface area (Å²) in [5.74, 6) is -0.250. The first-order valence-electron chi connectivity index (χ1n) is 7.30. The van der Waals surface area contributed by atoms with E-state index in [1.54, 1.807) is 31.2 Å². The second kappa shape index (κ2) is 6.10. The SMILES string of the molecule is C[C@H](O)c1c(-c2ccc(Cl)cc2)noc1C(=O)NC1CCC1. The van der Waals surface area contributed by atoms with Crippen LogP contribution in [0.4, 0.5) is 0 Å². The summed E-state index contributed by atoms with van der Waals surface area (Å²) in [6, 6.07) is 7.20. The van der Waals surface area contributed by atoms with Gasteiger partial charge in [0.05, 0.1) is 11.7 Å². The topological polar surface area (TPSA) is 75.4 Å². The minimum Gasteiger partial charge on any atom is -0.388 e. The van der Waals surface area contributed by atoms with Crippen molar-refractivity contribution in [2.75, 3.05) is 0 Å². The van der Waals surface area contributed by atoms with E-state index in [1.165, 1.54) is 0 Å². The first-order chi connectivity index (χ1) is 10.6. The number of rotatable bonds is 4. The summed E-state index contributed by atoms with van der Waals surface area (Å²) in [5, 5.41) is 17.5. The number of nitrogens with zero attached hydrogens (tertiary/aromatic N) is 1. The van der Waals surface area contributed by atoms with Crippen LogP contribution in [0.2, 0.25) is 5.02 Å². The molecule has 0 unspecified atom stereocenters. The maximum Gasteiger partial charge on any atom is 0.290 e. The van der Waals surface area contributed by atoms with Crippen LogP contribution in [-0.4, -0.2) is 22.2 Å². The molecule has 3 rings (SSSR count). The smallest absolute Gasteiger partial charge is 0.290 e. The summed E-state index contributed by atoms with van der Waals surface area (Å²) in [6.07, 6.45) is 2.22. The fraction of sp³-hybridized carbons (Fsp3) is 0.375. The monoisotopic (exact) mass is 320 g/mol. The molecule has 1 atom stereocenters. The normalized spacial score (nSPS) is 16.1. The highest BCUT2D eigenvalue weighted by Gasteiger charge is 2.29. The quantitative estimate of drug-likeness (QED) is 0.906. The molecule has 116 valence electrons. The second-order valence-corrected chi connectivity index (χ2v) is 5.99. The maximum absolute atomic E-state index is 12.3. The molecule has 0 bridgehead atoms. The number of hydrogen-bond donors (Lipinski definition) is 2. The van der Waals surface area contributed by atoms with Crippen molar-refractivity contribution in [2.45, 2.75) is 38.3 Å².